The summed E-state index contributed by atoms with van der Waals surface area (Å²) >= 11 is 0. The minimum absolute atomic E-state index is 0.264. The Bertz CT molecular complexity index is 716. The van der Waals surface area contributed by atoms with Gasteiger partial charge in [-0.05, 0) is 31.2 Å². The van der Waals surface area contributed by atoms with Crippen LogP contribution < -0.4 is 10.1 Å². The van der Waals surface area contributed by atoms with Crippen LogP contribution in [-0.2, 0) is 4.79 Å². The molecule has 8 heteroatoms. The van der Waals surface area contributed by atoms with Gasteiger partial charge in [0.25, 0.3) is 5.91 Å². The molecule has 2 aromatic heterocycles. The number of pyridine rings is 2. The van der Waals surface area contributed by atoms with Crippen LogP contribution in [0, 0.1) is 0 Å². The summed E-state index contributed by atoms with van der Waals surface area (Å²) in [5.41, 5.74) is 0.589. The van der Waals surface area contributed by atoms with E-state index in [0.717, 1.165) is 0 Å². The third-order valence-electron chi connectivity index (χ3n) is 2.80. The van der Waals surface area contributed by atoms with Gasteiger partial charge in [-0.25, -0.2) is 4.98 Å². The van der Waals surface area contributed by atoms with Crippen molar-refractivity contribution in [2.75, 3.05) is 13.2 Å². The first-order valence-corrected chi connectivity index (χ1v) is 6.80. The van der Waals surface area contributed by atoms with E-state index in [0.29, 0.717) is 23.7 Å². The fraction of sp³-hybridized carbons (Fsp3) is 0.200. The number of carbonyl (C=O) groups excluding carboxylic acids is 1. The smallest absolute Gasteiger partial charge is 0.322 e. The first kappa shape index (κ1) is 16.2. The molecule has 8 nitrogen and oxygen atoms in total. The topological polar surface area (TPSA) is 122 Å². The molecule has 0 saturated carbocycles. The minimum Gasteiger partial charge on any atom is -0.505 e. The lowest BCUT2D eigenvalue weighted by molar-refractivity contribution is -0.135. The monoisotopic (exact) mass is 317 g/mol. The van der Waals surface area contributed by atoms with Gasteiger partial charge in [0, 0.05) is 0 Å². The number of rotatable bonds is 6. The predicted octanol–water partition coefficient (Wildman–Crippen LogP) is 1.06. The number of aromatic hydroxyl groups is 1. The van der Waals surface area contributed by atoms with Gasteiger partial charge in [-0.3, -0.25) is 14.6 Å². The maximum absolute atomic E-state index is 11.9. The molecule has 0 unspecified atom stereocenters. The number of nitrogens with zero attached hydrogens (tertiary/aromatic N) is 2. The molecule has 0 aromatic carbocycles. The normalized spacial score (nSPS) is 10.1. The molecule has 0 fully saturated rings. The fourth-order valence-electron chi connectivity index (χ4n) is 1.79. The van der Waals surface area contributed by atoms with Crippen molar-refractivity contribution in [1.82, 2.24) is 15.3 Å². The van der Waals surface area contributed by atoms with Gasteiger partial charge >= 0.3 is 5.97 Å². The maximum atomic E-state index is 11.9. The van der Waals surface area contributed by atoms with E-state index < -0.39 is 18.4 Å². The summed E-state index contributed by atoms with van der Waals surface area (Å²) in [6.07, 6.45) is 1.53. The van der Waals surface area contributed by atoms with Crippen LogP contribution in [-0.4, -0.2) is 45.2 Å². The third kappa shape index (κ3) is 4.16. The molecule has 0 aliphatic heterocycles. The summed E-state index contributed by atoms with van der Waals surface area (Å²) in [6, 6.07) is 6.19. The van der Waals surface area contributed by atoms with Crippen molar-refractivity contribution in [3.05, 3.63) is 36.2 Å². The molecule has 2 rings (SSSR count). The minimum atomic E-state index is -1.19. The maximum Gasteiger partial charge on any atom is 0.322 e. The summed E-state index contributed by atoms with van der Waals surface area (Å²) in [6.45, 7) is 1.81. The predicted molar refractivity (Wildman–Crippen MR) is 80.3 cm³/mol. The average Bonchev–Trinajstić information content (AvgIpc) is 2.54. The van der Waals surface area contributed by atoms with E-state index >= 15 is 0 Å². The van der Waals surface area contributed by atoms with Crippen molar-refractivity contribution in [2.45, 2.75) is 6.92 Å². The molecule has 0 atom stereocenters. The molecule has 0 aliphatic rings. The largest absolute Gasteiger partial charge is 0.505 e. The number of hydrogen-bond acceptors (Lipinski definition) is 6. The molecule has 0 saturated heterocycles. The molecule has 2 heterocycles. The van der Waals surface area contributed by atoms with Crippen LogP contribution in [0.3, 0.4) is 0 Å². The molecule has 0 radical (unpaired) electrons. The molecule has 1 amide bonds. The number of amides is 1. The quantitative estimate of drug-likeness (QED) is 0.728. The third-order valence-corrected chi connectivity index (χ3v) is 2.80. The molecule has 23 heavy (non-hydrogen) atoms. The van der Waals surface area contributed by atoms with Crippen LogP contribution in [0.2, 0.25) is 0 Å². The number of hydrogen-bond donors (Lipinski definition) is 3. The highest BCUT2D eigenvalue weighted by Gasteiger charge is 2.15. The standard InChI is InChI=1S/C15H15N3O5/c1-2-23-9-3-4-10(16-7-9)11-5-6-12(19)14(18-11)15(22)17-8-13(20)21/h3-7,19H,2,8H2,1H3,(H,17,22)(H,20,21). The van der Waals surface area contributed by atoms with Crippen molar-refractivity contribution in [3.63, 3.8) is 0 Å². The average molecular weight is 317 g/mol. The van der Waals surface area contributed by atoms with Crippen LogP contribution >= 0.6 is 0 Å². The summed E-state index contributed by atoms with van der Waals surface area (Å²) in [5, 5.41) is 20.4. The first-order chi connectivity index (χ1) is 11.0. The Morgan fingerprint density at radius 2 is 1.96 bits per heavy atom. The van der Waals surface area contributed by atoms with Crippen LogP contribution in [0.25, 0.3) is 11.4 Å². The second kappa shape index (κ2) is 7.21. The van der Waals surface area contributed by atoms with Gasteiger partial charge in [-0.1, -0.05) is 0 Å². The van der Waals surface area contributed by atoms with E-state index in [1.165, 1.54) is 18.3 Å². The summed E-state index contributed by atoms with van der Waals surface area (Å²) in [5.74, 6) is -1.71. The summed E-state index contributed by atoms with van der Waals surface area (Å²) < 4.78 is 5.29. The van der Waals surface area contributed by atoms with Gasteiger partial charge < -0.3 is 20.3 Å². The van der Waals surface area contributed by atoms with Crippen molar-refractivity contribution < 1.29 is 24.5 Å². The van der Waals surface area contributed by atoms with Crippen LogP contribution in [0.4, 0.5) is 0 Å². The molecular formula is C15H15N3O5. The van der Waals surface area contributed by atoms with Gasteiger partial charge in [0.05, 0.1) is 24.2 Å². The van der Waals surface area contributed by atoms with Crippen molar-refractivity contribution >= 4 is 11.9 Å². The summed E-state index contributed by atoms with van der Waals surface area (Å²) in [4.78, 5) is 30.5. The second-order valence-corrected chi connectivity index (χ2v) is 4.45. The number of nitrogens with one attached hydrogen (secondary N) is 1. The Balaban J connectivity index is 2.25. The lowest BCUT2D eigenvalue weighted by Crippen LogP contribution is -2.30. The first-order valence-electron chi connectivity index (χ1n) is 6.80. The number of aromatic nitrogens is 2. The zero-order valence-electron chi connectivity index (χ0n) is 12.3. The van der Waals surface area contributed by atoms with Gasteiger partial charge in [0.1, 0.15) is 18.0 Å². The van der Waals surface area contributed by atoms with Gasteiger partial charge in [0.2, 0.25) is 0 Å². The highest BCUT2D eigenvalue weighted by atomic mass is 16.5. The number of aliphatic carboxylic acids is 1. The molecular weight excluding hydrogens is 302 g/mol. The van der Waals surface area contributed by atoms with E-state index in [1.807, 2.05) is 6.92 Å². The van der Waals surface area contributed by atoms with Crippen molar-refractivity contribution in [2.24, 2.45) is 0 Å². The fourth-order valence-corrected chi connectivity index (χ4v) is 1.79. The van der Waals surface area contributed by atoms with Gasteiger partial charge in [-0.15, -0.1) is 0 Å². The number of carbonyl (C=O) groups is 2. The Hall–Kier alpha value is -3.16. The SMILES string of the molecule is CCOc1ccc(-c2ccc(O)c(C(=O)NCC(=O)O)n2)nc1. The Morgan fingerprint density at radius 1 is 1.22 bits per heavy atom. The van der Waals surface area contributed by atoms with Gasteiger partial charge in [0.15, 0.2) is 5.69 Å². The Labute approximate surface area is 131 Å². The van der Waals surface area contributed by atoms with E-state index in [9.17, 15) is 14.7 Å². The van der Waals surface area contributed by atoms with E-state index in [-0.39, 0.29) is 11.4 Å². The molecule has 2 aromatic rings. The van der Waals surface area contributed by atoms with Crippen LogP contribution in [0.1, 0.15) is 17.4 Å². The zero-order chi connectivity index (χ0) is 16.8. The zero-order valence-corrected chi connectivity index (χ0v) is 12.3. The molecule has 0 aliphatic carbocycles. The molecule has 0 bridgehead atoms. The Morgan fingerprint density at radius 3 is 2.57 bits per heavy atom. The number of ether oxygens (including phenoxy) is 1. The van der Waals surface area contributed by atoms with E-state index in [2.05, 4.69) is 15.3 Å². The van der Waals surface area contributed by atoms with Crippen molar-refractivity contribution in [1.29, 1.82) is 0 Å². The van der Waals surface area contributed by atoms with Crippen molar-refractivity contribution in [3.8, 4) is 22.9 Å². The molecule has 0 spiro atoms. The highest BCUT2D eigenvalue weighted by Crippen LogP contribution is 2.22. The number of carboxylic acids is 1. The highest BCUT2D eigenvalue weighted by molar-refractivity contribution is 5.96. The van der Waals surface area contributed by atoms with Crippen LogP contribution in [0.15, 0.2) is 30.5 Å². The van der Waals surface area contributed by atoms with Gasteiger partial charge in [-0.2, -0.15) is 0 Å². The lowest BCUT2D eigenvalue weighted by atomic mass is 10.2. The molecule has 120 valence electrons. The van der Waals surface area contributed by atoms with Crippen LogP contribution in [0.5, 0.6) is 11.5 Å². The molecule has 3 N–H and O–H groups in total. The summed E-state index contributed by atoms with van der Waals surface area (Å²) in [7, 11) is 0. The lowest BCUT2D eigenvalue weighted by Gasteiger charge is -2.07. The Kier molecular flexibility index (Phi) is 5.08. The van der Waals surface area contributed by atoms with E-state index in [1.54, 1.807) is 12.1 Å². The second-order valence-electron chi connectivity index (χ2n) is 4.45. The van der Waals surface area contributed by atoms with E-state index in [4.69, 9.17) is 9.84 Å². The number of carboxylic acid groups (broad SMARTS) is 1.